The smallest absolute Gasteiger partial charge is 0.240 e. The van der Waals surface area contributed by atoms with Gasteiger partial charge in [0.2, 0.25) is 15.9 Å². The van der Waals surface area contributed by atoms with Gasteiger partial charge in [-0.1, -0.05) is 13.0 Å². The number of hydrogen-bond donors (Lipinski definition) is 2. The highest BCUT2D eigenvalue weighted by molar-refractivity contribution is 7.89. The Kier molecular flexibility index (Phi) is 7.30. The van der Waals surface area contributed by atoms with Crippen molar-refractivity contribution in [3.63, 3.8) is 0 Å². The molecule has 2 aliphatic rings. The van der Waals surface area contributed by atoms with Gasteiger partial charge in [-0.2, -0.15) is 0 Å². The van der Waals surface area contributed by atoms with Gasteiger partial charge in [0.1, 0.15) is 0 Å². The topological polar surface area (TPSA) is 78.5 Å². The Hall–Kier alpha value is -1.15. The highest BCUT2D eigenvalue weighted by Crippen LogP contribution is 2.28. The van der Waals surface area contributed by atoms with Crippen molar-refractivity contribution in [3.05, 3.63) is 29.3 Å². The first-order valence-electron chi connectivity index (χ1n) is 9.37. The van der Waals surface area contributed by atoms with Gasteiger partial charge >= 0.3 is 0 Å². The van der Waals surface area contributed by atoms with Crippen LogP contribution in [0.3, 0.4) is 0 Å². The number of piperidine rings is 1. The summed E-state index contributed by atoms with van der Waals surface area (Å²) in [6.45, 7) is 7.39. The van der Waals surface area contributed by atoms with Crippen LogP contribution in [-0.4, -0.2) is 51.9 Å². The number of amides is 1. The molecule has 1 amide bonds. The zero-order valence-corrected chi connectivity index (χ0v) is 17.7. The van der Waals surface area contributed by atoms with Gasteiger partial charge in [0.15, 0.2) is 0 Å². The minimum Gasteiger partial charge on any atom is -0.342 e. The molecule has 0 radical (unpaired) electrons. The van der Waals surface area contributed by atoms with Crippen molar-refractivity contribution in [3.8, 4) is 0 Å². The zero-order chi connectivity index (χ0) is 18.8. The van der Waals surface area contributed by atoms with Crippen molar-refractivity contribution < 1.29 is 13.2 Å². The van der Waals surface area contributed by atoms with Crippen LogP contribution in [-0.2, 0) is 27.7 Å². The lowest BCUT2D eigenvalue weighted by molar-refractivity contribution is -0.128. The van der Waals surface area contributed by atoms with Crippen LogP contribution in [0.15, 0.2) is 23.1 Å². The van der Waals surface area contributed by atoms with Gasteiger partial charge in [-0.05, 0) is 67.4 Å². The maximum absolute atomic E-state index is 12.8. The third-order valence-corrected chi connectivity index (χ3v) is 7.13. The minimum atomic E-state index is -3.52. The van der Waals surface area contributed by atoms with E-state index in [0.29, 0.717) is 31.0 Å². The summed E-state index contributed by atoms with van der Waals surface area (Å²) in [7, 11) is -3.52. The van der Waals surface area contributed by atoms with Crippen LogP contribution in [0.5, 0.6) is 0 Å². The lowest BCUT2D eigenvalue weighted by Gasteiger charge is -2.34. The molecule has 0 atom stereocenters. The Bertz CT molecular complexity index is 776. The number of benzene rings is 1. The fraction of sp³-hybridized carbons (Fsp3) is 0.632. The summed E-state index contributed by atoms with van der Waals surface area (Å²) < 4.78 is 28.4. The number of nitrogens with zero attached hydrogens (tertiary/aromatic N) is 1. The van der Waals surface area contributed by atoms with Gasteiger partial charge in [0.25, 0.3) is 0 Å². The van der Waals surface area contributed by atoms with Crippen LogP contribution >= 0.6 is 12.4 Å². The average Bonchev–Trinajstić information content (AvgIpc) is 2.83. The monoisotopic (exact) mass is 415 g/mol. The highest BCUT2D eigenvalue weighted by Gasteiger charge is 2.29. The molecule has 0 aromatic heterocycles. The first kappa shape index (κ1) is 22.1. The molecule has 2 aliphatic heterocycles. The van der Waals surface area contributed by atoms with Crippen molar-refractivity contribution in [2.75, 3.05) is 32.7 Å². The molecule has 1 saturated heterocycles. The van der Waals surface area contributed by atoms with Crippen molar-refractivity contribution in [2.45, 2.75) is 44.4 Å². The van der Waals surface area contributed by atoms with Crippen LogP contribution in [0, 0.1) is 5.41 Å². The zero-order valence-electron chi connectivity index (χ0n) is 16.1. The van der Waals surface area contributed by atoms with E-state index in [1.807, 2.05) is 11.0 Å². The van der Waals surface area contributed by atoms with E-state index in [4.69, 9.17) is 0 Å². The van der Waals surface area contributed by atoms with Crippen molar-refractivity contribution >= 4 is 28.3 Å². The van der Waals surface area contributed by atoms with Crippen LogP contribution in [0.1, 0.15) is 37.8 Å². The average molecular weight is 416 g/mol. The first-order chi connectivity index (χ1) is 12.3. The SMILES string of the molecule is CC(=O)N1CCc2ccc(S(=O)(=O)NCC3(C)CCNCC3)cc2CC1.Cl. The molecule has 0 bridgehead atoms. The lowest BCUT2D eigenvalue weighted by Crippen LogP contribution is -2.42. The normalized spacial score (nSPS) is 19.6. The number of nitrogens with one attached hydrogen (secondary N) is 2. The molecule has 1 aromatic carbocycles. The van der Waals surface area contributed by atoms with E-state index < -0.39 is 10.0 Å². The summed E-state index contributed by atoms with van der Waals surface area (Å²) in [5.41, 5.74) is 2.18. The summed E-state index contributed by atoms with van der Waals surface area (Å²) >= 11 is 0. The largest absolute Gasteiger partial charge is 0.342 e. The van der Waals surface area contributed by atoms with Gasteiger partial charge in [-0.25, -0.2) is 13.1 Å². The van der Waals surface area contributed by atoms with Crippen LogP contribution < -0.4 is 10.0 Å². The second-order valence-electron chi connectivity index (χ2n) is 7.82. The van der Waals surface area contributed by atoms with E-state index in [-0.39, 0.29) is 23.7 Å². The summed E-state index contributed by atoms with van der Waals surface area (Å²) in [4.78, 5) is 13.8. The van der Waals surface area contributed by atoms with Crippen molar-refractivity contribution in [2.24, 2.45) is 5.41 Å². The maximum Gasteiger partial charge on any atom is 0.240 e. The Labute approximate surface area is 168 Å². The molecule has 2 heterocycles. The van der Waals surface area contributed by atoms with Gasteiger partial charge in [0, 0.05) is 26.6 Å². The first-order valence-corrected chi connectivity index (χ1v) is 10.9. The van der Waals surface area contributed by atoms with Gasteiger partial charge in [0.05, 0.1) is 4.90 Å². The number of halogens is 1. The second kappa shape index (κ2) is 8.90. The molecular formula is C19H30ClN3O3S. The summed E-state index contributed by atoms with van der Waals surface area (Å²) in [5.74, 6) is 0.0718. The van der Waals surface area contributed by atoms with Crippen molar-refractivity contribution in [1.82, 2.24) is 14.9 Å². The quantitative estimate of drug-likeness (QED) is 0.784. The van der Waals surface area contributed by atoms with Crippen LogP contribution in [0.4, 0.5) is 0 Å². The van der Waals surface area contributed by atoms with E-state index >= 15 is 0 Å². The summed E-state index contributed by atoms with van der Waals surface area (Å²) in [5, 5.41) is 3.32. The van der Waals surface area contributed by atoms with Crippen molar-refractivity contribution in [1.29, 1.82) is 0 Å². The fourth-order valence-corrected chi connectivity index (χ4v) is 4.99. The number of sulfonamides is 1. The number of carbonyl (C=O) groups is 1. The molecular weight excluding hydrogens is 386 g/mol. The number of hydrogen-bond acceptors (Lipinski definition) is 4. The molecule has 3 rings (SSSR count). The van der Waals surface area contributed by atoms with Gasteiger partial charge in [-0.3, -0.25) is 4.79 Å². The number of fused-ring (bicyclic) bond motifs is 1. The second-order valence-corrected chi connectivity index (χ2v) is 9.59. The predicted octanol–water partition coefficient (Wildman–Crippen LogP) is 1.72. The van der Waals surface area contributed by atoms with Crippen LogP contribution in [0.2, 0.25) is 0 Å². The van der Waals surface area contributed by atoms with Gasteiger partial charge < -0.3 is 10.2 Å². The molecule has 152 valence electrons. The molecule has 0 aliphatic carbocycles. The predicted molar refractivity (Wildman–Crippen MR) is 109 cm³/mol. The molecule has 1 fully saturated rings. The van der Waals surface area contributed by atoms with Crippen LogP contribution in [0.25, 0.3) is 0 Å². The molecule has 6 nitrogen and oxygen atoms in total. The molecule has 1 aromatic rings. The van der Waals surface area contributed by atoms with E-state index in [1.165, 1.54) is 0 Å². The Balaban J connectivity index is 0.00000261. The Morgan fingerprint density at radius 3 is 2.44 bits per heavy atom. The molecule has 0 spiro atoms. The van der Waals surface area contributed by atoms with E-state index in [1.54, 1.807) is 19.1 Å². The fourth-order valence-electron chi connectivity index (χ4n) is 3.74. The molecule has 0 saturated carbocycles. The summed E-state index contributed by atoms with van der Waals surface area (Å²) in [6.07, 6.45) is 3.41. The number of carbonyl (C=O) groups excluding carboxylic acids is 1. The molecule has 27 heavy (non-hydrogen) atoms. The maximum atomic E-state index is 12.8. The minimum absolute atomic E-state index is 0. The van der Waals surface area contributed by atoms with E-state index in [2.05, 4.69) is 17.0 Å². The van der Waals surface area contributed by atoms with E-state index in [9.17, 15) is 13.2 Å². The summed E-state index contributed by atoms with van der Waals surface area (Å²) in [6, 6.07) is 5.38. The standard InChI is InChI=1S/C19H29N3O3S.ClH/c1-15(23)22-11-5-16-3-4-18(13-17(16)6-12-22)26(24,25)21-14-19(2)7-9-20-10-8-19;/h3-4,13,20-21H,5-12,14H2,1-2H3;1H. The Morgan fingerprint density at radius 2 is 1.81 bits per heavy atom. The third kappa shape index (κ3) is 5.44. The Morgan fingerprint density at radius 1 is 1.19 bits per heavy atom. The molecule has 8 heteroatoms. The molecule has 2 N–H and O–H groups in total. The van der Waals surface area contributed by atoms with E-state index in [0.717, 1.165) is 43.5 Å². The molecule has 0 unspecified atom stereocenters. The number of rotatable bonds is 4. The lowest BCUT2D eigenvalue weighted by atomic mass is 9.81. The highest BCUT2D eigenvalue weighted by atomic mass is 35.5. The van der Waals surface area contributed by atoms with Gasteiger partial charge in [-0.15, -0.1) is 12.4 Å². The third-order valence-electron chi connectivity index (χ3n) is 5.74.